The third-order valence-electron chi connectivity index (χ3n) is 5.96. The van der Waals surface area contributed by atoms with Crippen LogP contribution in [0.5, 0.6) is 5.75 Å². The summed E-state index contributed by atoms with van der Waals surface area (Å²) in [7, 11) is -4.60. The van der Waals surface area contributed by atoms with E-state index in [1.165, 1.54) is 30.3 Å². The zero-order valence-electron chi connectivity index (χ0n) is 20.2. The molecule has 1 aliphatic rings. The number of ether oxygens (including phenoxy) is 1. The first-order chi connectivity index (χ1) is 18.3. The number of carboxylic acids is 1. The lowest BCUT2D eigenvalue weighted by Gasteiger charge is -2.35. The summed E-state index contributed by atoms with van der Waals surface area (Å²) >= 11 is 6.15. The Morgan fingerprint density at radius 2 is 1.97 bits per heavy atom. The number of hydrogen-bond acceptors (Lipinski definition) is 5. The molecule has 39 heavy (non-hydrogen) atoms. The number of aromatic nitrogens is 1. The first-order valence-electron chi connectivity index (χ1n) is 11.5. The van der Waals surface area contributed by atoms with Crippen LogP contribution in [0.2, 0.25) is 5.02 Å². The van der Waals surface area contributed by atoms with Gasteiger partial charge in [-0.2, -0.15) is 13.2 Å². The molecule has 0 fully saturated rings. The maximum Gasteiger partial charge on any atom is 0.417 e. The van der Waals surface area contributed by atoms with Gasteiger partial charge in [0.05, 0.1) is 22.8 Å². The van der Waals surface area contributed by atoms with Crippen molar-refractivity contribution in [2.75, 3.05) is 10.8 Å². The van der Waals surface area contributed by atoms with E-state index >= 15 is 0 Å². The van der Waals surface area contributed by atoms with Crippen molar-refractivity contribution in [1.82, 2.24) is 4.98 Å². The van der Waals surface area contributed by atoms with Crippen LogP contribution in [0.25, 0.3) is 11.6 Å². The lowest BCUT2D eigenvalue weighted by atomic mass is 10.0. The minimum atomic E-state index is -4.82. The van der Waals surface area contributed by atoms with Crippen LogP contribution < -0.4 is 9.04 Å². The maximum atomic E-state index is 14.4. The summed E-state index contributed by atoms with van der Waals surface area (Å²) in [6.45, 7) is 1.26. The topological polar surface area (TPSA) is 96.8 Å². The van der Waals surface area contributed by atoms with Gasteiger partial charge in [0.25, 0.3) is 10.0 Å². The van der Waals surface area contributed by atoms with Gasteiger partial charge in [-0.1, -0.05) is 29.8 Å². The smallest absolute Gasteiger partial charge is 0.417 e. The first kappa shape index (κ1) is 28.4. The molecular weight excluding hydrogens is 564 g/mol. The highest BCUT2D eigenvalue weighted by atomic mass is 35.5. The Labute approximate surface area is 226 Å². The van der Waals surface area contributed by atoms with Crippen LogP contribution in [0, 0.1) is 5.82 Å². The van der Waals surface area contributed by atoms with Crippen LogP contribution in [0.15, 0.2) is 59.8 Å². The van der Waals surface area contributed by atoms with Crippen LogP contribution in [0.1, 0.15) is 36.5 Å². The molecule has 4 rings (SSSR count). The van der Waals surface area contributed by atoms with Gasteiger partial charge in [-0.25, -0.2) is 12.8 Å². The molecule has 206 valence electrons. The van der Waals surface area contributed by atoms with Crippen LogP contribution in [0.4, 0.5) is 23.2 Å². The van der Waals surface area contributed by atoms with Crippen molar-refractivity contribution in [1.29, 1.82) is 0 Å². The second-order valence-corrected chi connectivity index (χ2v) is 11.0. The third kappa shape index (κ3) is 6.17. The third-order valence-corrected chi connectivity index (χ3v) is 8.02. The van der Waals surface area contributed by atoms with E-state index in [1.807, 2.05) is 0 Å². The number of halogens is 5. The molecular formula is C26H21ClF4N2O5S. The number of carboxylic acid groups (broad SMARTS) is 1. The Bertz CT molecular complexity index is 1540. The minimum Gasteiger partial charge on any atom is -0.486 e. The molecule has 1 atom stereocenters. The van der Waals surface area contributed by atoms with Crippen LogP contribution >= 0.6 is 11.6 Å². The molecule has 0 bridgehead atoms. The number of anilines is 1. The van der Waals surface area contributed by atoms with Gasteiger partial charge in [-0.3, -0.25) is 14.1 Å². The summed E-state index contributed by atoms with van der Waals surface area (Å²) in [5, 5.41) is 9.23. The Balaban J connectivity index is 1.80. The molecule has 1 aliphatic heterocycles. The van der Waals surface area contributed by atoms with Gasteiger partial charge in [-0.15, -0.1) is 0 Å². The van der Waals surface area contributed by atoms with Crippen molar-refractivity contribution in [3.05, 3.63) is 82.4 Å². The highest BCUT2D eigenvalue weighted by Crippen LogP contribution is 2.40. The molecule has 0 unspecified atom stereocenters. The molecule has 0 aliphatic carbocycles. The van der Waals surface area contributed by atoms with Gasteiger partial charge in [0.2, 0.25) is 0 Å². The summed E-state index contributed by atoms with van der Waals surface area (Å²) < 4.78 is 88.2. The molecule has 0 saturated heterocycles. The highest BCUT2D eigenvalue weighted by Gasteiger charge is 2.37. The monoisotopic (exact) mass is 584 g/mol. The van der Waals surface area contributed by atoms with Crippen LogP contribution in [-0.4, -0.2) is 37.1 Å². The number of fused-ring (bicyclic) bond motifs is 1. The molecule has 1 aromatic heterocycles. The predicted octanol–water partition coefficient (Wildman–Crippen LogP) is 6.27. The van der Waals surface area contributed by atoms with Gasteiger partial charge in [0, 0.05) is 24.4 Å². The maximum absolute atomic E-state index is 14.4. The fourth-order valence-electron chi connectivity index (χ4n) is 4.12. The Morgan fingerprint density at radius 3 is 2.64 bits per heavy atom. The predicted molar refractivity (Wildman–Crippen MR) is 136 cm³/mol. The number of rotatable bonds is 7. The van der Waals surface area contributed by atoms with Gasteiger partial charge in [0.15, 0.2) is 0 Å². The van der Waals surface area contributed by atoms with E-state index in [0.717, 1.165) is 10.5 Å². The second-order valence-electron chi connectivity index (χ2n) is 8.77. The largest absolute Gasteiger partial charge is 0.486 e. The fraction of sp³-hybridized carbons (Fsp3) is 0.231. The van der Waals surface area contributed by atoms with Crippen molar-refractivity contribution >= 4 is 44.9 Å². The summed E-state index contributed by atoms with van der Waals surface area (Å²) in [6.07, 6.45) is -3.19. The molecule has 0 spiro atoms. The van der Waals surface area contributed by atoms with Gasteiger partial charge < -0.3 is 9.84 Å². The molecule has 7 nitrogen and oxygen atoms in total. The first-order valence-corrected chi connectivity index (χ1v) is 13.3. The summed E-state index contributed by atoms with van der Waals surface area (Å²) in [5.74, 6) is -1.59. The number of pyridine rings is 1. The normalized spacial score (nSPS) is 16.0. The number of alkyl halides is 3. The van der Waals surface area contributed by atoms with E-state index < -0.39 is 44.5 Å². The van der Waals surface area contributed by atoms with E-state index in [9.17, 15) is 30.8 Å². The standard InChI is InChI=1S/C26H21ClF4N2O5S/c1-15(25-20(27)3-2-4-21(25)28)9-16-5-7-23-22(10-16)33(14-18(38-23)6-8-24(34)35)39(36,37)19-11-17(12-32-13-19)26(29,30)31/h2-5,7,9-13,18H,6,8,14H2,1H3,(H,34,35)/t18-/m0/s1. The van der Waals surface area contributed by atoms with Gasteiger partial charge in [-0.05, 0) is 54.8 Å². The van der Waals surface area contributed by atoms with E-state index in [-0.39, 0.29) is 41.4 Å². The number of allylic oxidation sites excluding steroid dienone is 1. The molecule has 2 heterocycles. The Hall–Kier alpha value is -3.64. The summed E-state index contributed by atoms with van der Waals surface area (Å²) in [5.41, 5.74) is -0.207. The molecule has 1 N–H and O–H groups in total. The van der Waals surface area contributed by atoms with Gasteiger partial charge in [0.1, 0.15) is 22.6 Å². The van der Waals surface area contributed by atoms with E-state index in [2.05, 4.69) is 4.98 Å². The van der Waals surface area contributed by atoms with Crippen molar-refractivity contribution in [3.63, 3.8) is 0 Å². The number of aliphatic carboxylic acids is 1. The van der Waals surface area contributed by atoms with Crippen LogP contribution in [-0.2, 0) is 21.0 Å². The molecule has 0 saturated carbocycles. The van der Waals surface area contributed by atoms with Crippen molar-refractivity contribution < 1.29 is 40.6 Å². The quantitative estimate of drug-likeness (QED) is 0.260. The molecule has 0 amide bonds. The zero-order chi connectivity index (χ0) is 28.5. The molecule has 0 radical (unpaired) electrons. The lowest BCUT2D eigenvalue weighted by Crippen LogP contribution is -2.43. The van der Waals surface area contributed by atoms with Gasteiger partial charge >= 0.3 is 12.1 Å². The summed E-state index contributed by atoms with van der Waals surface area (Å²) in [6, 6.07) is 9.17. The number of nitrogens with zero attached hydrogens (tertiary/aromatic N) is 2. The summed E-state index contributed by atoms with van der Waals surface area (Å²) in [4.78, 5) is 13.9. The SMILES string of the molecule is CC(=Cc1ccc2c(c1)N(S(=O)(=O)c1cncc(C(F)(F)F)c1)C[C@H](CCC(=O)O)O2)c1c(F)cccc1Cl. The highest BCUT2D eigenvalue weighted by molar-refractivity contribution is 7.92. The van der Waals surface area contributed by atoms with Crippen molar-refractivity contribution in [3.8, 4) is 5.75 Å². The molecule has 13 heteroatoms. The number of hydrogen-bond donors (Lipinski definition) is 1. The lowest BCUT2D eigenvalue weighted by molar-refractivity contribution is -0.138. The minimum absolute atomic E-state index is 0.0140. The van der Waals surface area contributed by atoms with E-state index in [4.69, 9.17) is 21.4 Å². The Kier molecular flexibility index (Phi) is 7.89. The van der Waals surface area contributed by atoms with Crippen molar-refractivity contribution in [2.24, 2.45) is 0 Å². The number of benzene rings is 2. The molecule has 3 aromatic rings. The van der Waals surface area contributed by atoms with E-state index in [0.29, 0.717) is 23.4 Å². The Morgan fingerprint density at radius 1 is 1.23 bits per heavy atom. The average Bonchev–Trinajstić information content (AvgIpc) is 2.86. The zero-order valence-corrected chi connectivity index (χ0v) is 21.8. The number of carbonyl (C=O) groups is 1. The van der Waals surface area contributed by atoms with Crippen molar-refractivity contribution in [2.45, 2.75) is 36.9 Å². The van der Waals surface area contributed by atoms with Crippen LogP contribution in [0.3, 0.4) is 0 Å². The fourth-order valence-corrected chi connectivity index (χ4v) is 5.92. The second kappa shape index (κ2) is 10.9. The molecule has 2 aromatic carbocycles. The average molecular weight is 585 g/mol. The van der Waals surface area contributed by atoms with E-state index in [1.54, 1.807) is 19.1 Å². The number of sulfonamides is 1.